The molecule has 1 fully saturated rings. The predicted octanol–water partition coefficient (Wildman–Crippen LogP) is 1.00. The topological polar surface area (TPSA) is 108 Å². The molecular weight excluding hydrogens is 300 g/mol. The van der Waals surface area contributed by atoms with Gasteiger partial charge in [0.2, 0.25) is 0 Å². The standard InChI is InChI=1S/C15H24N4O4/c1-15(2,3)23-14(22)18-10-4-5-19(8-10)12(13(20)21)6-11-7-16-9-17-11/h7,9-10,12H,4-6,8H2,1-3H3,(H,16,17)(H,18,22)(H,20,21). The minimum atomic E-state index is -0.877. The maximum atomic E-state index is 11.8. The van der Waals surface area contributed by atoms with Crippen LogP contribution in [0.4, 0.5) is 4.79 Å². The van der Waals surface area contributed by atoms with Gasteiger partial charge in [-0.25, -0.2) is 9.78 Å². The van der Waals surface area contributed by atoms with Crippen molar-refractivity contribution in [2.24, 2.45) is 0 Å². The maximum Gasteiger partial charge on any atom is 0.407 e. The smallest absolute Gasteiger partial charge is 0.407 e. The molecule has 0 radical (unpaired) electrons. The van der Waals surface area contributed by atoms with E-state index in [4.69, 9.17) is 4.74 Å². The number of aliphatic carboxylic acids is 1. The van der Waals surface area contributed by atoms with Crippen LogP contribution in [0.1, 0.15) is 32.9 Å². The highest BCUT2D eigenvalue weighted by Gasteiger charge is 2.34. The van der Waals surface area contributed by atoms with E-state index < -0.39 is 23.7 Å². The fourth-order valence-electron chi connectivity index (χ4n) is 2.64. The van der Waals surface area contributed by atoms with Crippen molar-refractivity contribution >= 4 is 12.1 Å². The Labute approximate surface area is 135 Å². The van der Waals surface area contributed by atoms with Crippen molar-refractivity contribution in [3.8, 4) is 0 Å². The van der Waals surface area contributed by atoms with Crippen molar-refractivity contribution in [2.45, 2.75) is 51.3 Å². The van der Waals surface area contributed by atoms with Crippen molar-refractivity contribution < 1.29 is 19.4 Å². The Hall–Kier alpha value is -2.09. The average Bonchev–Trinajstić information content (AvgIpc) is 3.04. The van der Waals surface area contributed by atoms with Crippen LogP contribution in [0.3, 0.4) is 0 Å². The Kier molecular flexibility index (Phi) is 5.25. The second kappa shape index (κ2) is 6.99. The minimum absolute atomic E-state index is 0.103. The number of likely N-dealkylation sites (tertiary alicyclic amines) is 1. The Morgan fingerprint density at radius 2 is 2.30 bits per heavy atom. The quantitative estimate of drug-likeness (QED) is 0.746. The fourth-order valence-corrected chi connectivity index (χ4v) is 2.64. The number of imidazole rings is 1. The number of carbonyl (C=O) groups excluding carboxylic acids is 1. The summed E-state index contributed by atoms with van der Waals surface area (Å²) in [6, 6.07) is -0.741. The van der Waals surface area contributed by atoms with Crippen molar-refractivity contribution in [1.29, 1.82) is 0 Å². The largest absolute Gasteiger partial charge is 0.480 e. The van der Waals surface area contributed by atoms with E-state index in [9.17, 15) is 14.7 Å². The van der Waals surface area contributed by atoms with Crippen molar-refractivity contribution in [1.82, 2.24) is 20.2 Å². The maximum absolute atomic E-state index is 11.8. The predicted molar refractivity (Wildman–Crippen MR) is 83.1 cm³/mol. The van der Waals surface area contributed by atoms with Crippen molar-refractivity contribution in [2.75, 3.05) is 13.1 Å². The summed E-state index contributed by atoms with van der Waals surface area (Å²) in [5.74, 6) is -0.877. The first-order valence-corrected chi connectivity index (χ1v) is 7.68. The summed E-state index contributed by atoms with van der Waals surface area (Å²) in [7, 11) is 0. The van der Waals surface area contributed by atoms with Crippen LogP contribution in [0.2, 0.25) is 0 Å². The molecule has 2 heterocycles. The summed E-state index contributed by atoms with van der Waals surface area (Å²) in [4.78, 5) is 32.0. The summed E-state index contributed by atoms with van der Waals surface area (Å²) in [6.45, 7) is 6.52. The van der Waals surface area contributed by atoms with Gasteiger partial charge in [0, 0.05) is 37.4 Å². The Bertz CT molecular complexity index is 538. The van der Waals surface area contributed by atoms with E-state index in [0.717, 1.165) is 5.69 Å². The lowest BCUT2D eigenvalue weighted by atomic mass is 10.1. The van der Waals surface area contributed by atoms with Crippen LogP contribution in [-0.2, 0) is 16.0 Å². The number of nitrogens with one attached hydrogen (secondary N) is 2. The molecule has 1 aromatic rings. The third-order valence-corrected chi connectivity index (χ3v) is 3.63. The molecular formula is C15H24N4O4. The molecule has 0 bridgehead atoms. The highest BCUT2D eigenvalue weighted by Crippen LogP contribution is 2.17. The lowest BCUT2D eigenvalue weighted by molar-refractivity contribution is -0.142. The first-order chi connectivity index (χ1) is 10.7. The van der Waals surface area contributed by atoms with Gasteiger partial charge in [-0.1, -0.05) is 0 Å². The molecule has 2 unspecified atom stereocenters. The minimum Gasteiger partial charge on any atom is -0.480 e. The van der Waals surface area contributed by atoms with E-state index in [1.54, 1.807) is 27.0 Å². The van der Waals surface area contributed by atoms with Gasteiger partial charge in [-0.05, 0) is 27.2 Å². The molecule has 1 aliphatic heterocycles. The van der Waals surface area contributed by atoms with Crippen LogP contribution in [-0.4, -0.2) is 62.8 Å². The average molecular weight is 324 g/mol. The van der Waals surface area contributed by atoms with Crippen LogP contribution in [0, 0.1) is 0 Å². The van der Waals surface area contributed by atoms with Gasteiger partial charge in [-0.15, -0.1) is 0 Å². The lowest BCUT2D eigenvalue weighted by Gasteiger charge is -2.24. The highest BCUT2D eigenvalue weighted by molar-refractivity contribution is 5.74. The van der Waals surface area contributed by atoms with E-state index >= 15 is 0 Å². The van der Waals surface area contributed by atoms with Crippen molar-refractivity contribution in [3.63, 3.8) is 0 Å². The van der Waals surface area contributed by atoms with E-state index in [1.165, 1.54) is 6.33 Å². The molecule has 0 aliphatic carbocycles. The van der Waals surface area contributed by atoms with Gasteiger partial charge < -0.3 is 20.1 Å². The molecule has 2 atom stereocenters. The number of nitrogens with zero attached hydrogens (tertiary/aromatic N) is 2. The van der Waals surface area contributed by atoms with Crippen LogP contribution < -0.4 is 5.32 Å². The molecule has 128 valence electrons. The van der Waals surface area contributed by atoms with Gasteiger partial charge in [0.1, 0.15) is 11.6 Å². The van der Waals surface area contributed by atoms with Crippen LogP contribution in [0.25, 0.3) is 0 Å². The Balaban J connectivity index is 1.89. The zero-order valence-electron chi connectivity index (χ0n) is 13.7. The number of carboxylic acids is 1. The molecule has 1 aliphatic rings. The zero-order valence-corrected chi connectivity index (χ0v) is 13.7. The lowest BCUT2D eigenvalue weighted by Crippen LogP contribution is -2.45. The number of ether oxygens (including phenoxy) is 1. The number of H-pyrrole nitrogens is 1. The molecule has 23 heavy (non-hydrogen) atoms. The number of aromatic amines is 1. The fraction of sp³-hybridized carbons (Fsp3) is 0.667. The van der Waals surface area contributed by atoms with E-state index in [1.807, 2.05) is 4.90 Å². The van der Waals surface area contributed by atoms with Gasteiger partial charge in [0.25, 0.3) is 0 Å². The van der Waals surface area contributed by atoms with E-state index in [-0.39, 0.29) is 6.04 Å². The third kappa shape index (κ3) is 5.24. The molecule has 1 aromatic heterocycles. The number of carboxylic acid groups (broad SMARTS) is 1. The molecule has 0 spiro atoms. The second-order valence-electron chi connectivity index (χ2n) is 6.76. The van der Waals surface area contributed by atoms with Gasteiger partial charge in [-0.2, -0.15) is 0 Å². The molecule has 1 amide bonds. The van der Waals surface area contributed by atoms with Gasteiger partial charge in [-0.3, -0.25) is 9.69 Å². The normalized spacial score (nSPS) is 20.2. The summed E-state index contributed by atoms with van der Waals surface area (Å²) in [5, 5.41) is 12.3. The summed E-state index contributed by atoms with van der Waals surface area (Å²) in [5.41, 5.74) is 0.230. The first-order valence-electron chi connectivity index (χ1n) is 7.68. The number of hydrogen-bond donors (Lipinski definition) is 3. The molecule has 0 aromatic carbocycles. The molecule has 8 heteroatoms. The summed E-state index contributed by atoms with van der Waals surface area (Å²) < 4.78 is 5.23. The number of alkyl carbamates (subject to hydrolysis) is 1. The molecule has 1 saturated heterocycles. The van der Waals surface area contributed by atoms with Crippen LogP contribution in [0.5, 0.6) is 0 Å². The van der Waals surface area contributed by atoms with E-state index in [0.29, 0.717) is 25.9 Å². The number of hydrogen-bond acceptors (Lipinski definition) is 5. The van der Waals surface area contributed by atoms with Gasteiger partial charge in [0.15, 0.2) is 0 Å². The van der Waals surface area contributed by atoms with Gasteiger partial charge in [0.05, 0.1) is 6.33 Å². The van der Waals surface area contributed by atoms with Gasteiger partial charge >= 0.3 is 12.1 Å². The third-order valence-electron chi connectivity index (χ3n) is 3.63. The van der Waals surface area contributed by atoms with Crippen molar-refractivity contribution in [3.05, 3.63) is 18.2 Å². The van der Waals surface area contributed by atoms with E-state index in [2.05, 4.69) is 15.3 Å². The molecule has 8 nitrogen and oxygen atoms in total. The number of amides is 1. The molecule has 2 rings (SSSR count). The number of aromatic nitrogens is 2. The summed E-state index contributed by atoms with van der Waals surface area (Å²) in [6.07, 6.45) is 3.75. The first kappa shape index (κ1) is 17.3. The Morgan fingerprint density at radius 3 is 2.87 bits per heavy atom. The van der Waals surface area contributed by atoms with Crippen LogP contribution >= 0.6 is 0 Å². The Morgan fingerprint density at radius 1 is 1.57 bits per heavy atom. The molecule has 0 saturated carbocycles. The SMILES string of the molecule is CC(C)(C)OC(=O)NC1CCN(C(Cc2cnc[nH]2)C(=O)O)C1. The number of rotatable bonds is 5. The second-order valence-corrected chi connectivity index (χ2v) is 6.76. The zero-order chi connectivity index (χ0) is 17.0. The molecule has 3 N–H and O–H groups in total. The summed E-state index contributed by atoms with van der Waals surface area (Å²) >= 11 is 0. The highest BCUT2D eigenvalue weighted by atomic mass is 16.6. The number of carbonyl (C=O) groups is 2. The monoisotopic (exact) mass is 324 g/mol. The van der Waals surface area contributed by atoms with Crippen LogP contribution in [0.15, 0.2) is 12.5 Å².